The lowest BCUT2D eigenvalue weighted by molar-refractivity contribution is -0.384. The van der Waals surface area contributed by atoms with E-state index < -0.39 is 20.0 Å². The third kappa shape index (κ3) is 4.39. The molecule has 0 radical (unpaired) electrons. The van der Waals surface area contributed by atoms with Gasteiger partial charge in [-0.3, -0.25) is 14.8 Å². The van der Waals surface area contributed by atoms with Crippen molar-refractivity contribution in [2.75, 3.05) is 4.72 Å². The van der Waals surface area contributed by atoms with Crippen LogP contribution in [0.3, 0.4) is 0 Å². The number of nitro benzene ring substituents is 1. The predicted octanol–water partition coefficient (Wildman–Crippen LogP) is 4.39. The van der Waals surface area contributed by atoms with Crippen LogP contribution in [0, 0.1) is 21.4 Å². The first kappa shape index (κ1) is 21.6. The van der Waals surface area contributed by atoms with Crippen LogP contribution in [-0.4, -0.2) is 23.5 Å². The minimum atomic E-state index is -4.33. The number of nitrogens with zero attached hydrogens (tertiary/aromatic N) is 4. The minimum absolute atomic E-state index is 0.0830. The Morgan fingerprint density at radius 2 is 1.42 bits per heavy atom. The van der Waals surface area contributed by atoms with E-state index in [9.17, 15) is 23.8 Å². The van der Waals surface area contributed by atoms with Crippen LogP contribution in [-0.2, 0) is 10.0 Å². The molecule has 33 heavy (non-hydrogen) atoms. The fourth-order valence-corrected chi connectivity index (χ4v) is 4.36. The van der Waals surface area contributed by atoms with E-state index >= 15 is 0 Å². The van der Waals surface area contributed by atoms with E-state index in [0.717, 1.165) is 0 Å². The van der Waals surface area contributed by atoms with Crippen LogP contribution >= 0.6 is 0 Å². The van der Waals surface area contributed by atoms with Gasteiger partial charge in [0.1, 0.15) is 17.3 Å². The molecule has 0 spiro atoms. The van der Waals surface area contributed by atoms with Crippen molar-refractivity contribution < 1.29 is 13.3 Å². The fourth-order valence-electron chi connectivity index (χ4n) is 3.25. The Morgan fingerprint density at radius 3 is 1.97 bits per heavy atom. The molecule has 0 saturated heterocycles. The lowest BCUT2D eigenvalue weighted by atomic mass is 9.96. The van der Waals surface area contributed by atoms with Gasteiger partial charge < -0.3 is 0 Å². The molecule has 4 aromatic rings. The molecule has 0 aliphatic heterocycles. The summed E-state index contributed by atoms with van der Waals surface area (Å²) in [6.07, 6.45) is 0. The second kappa shape index (κ2) is 8.86. The molecular weight excluding hydrogens is 442 g/mol. The Balaban J connectivity index is 1.87. The van der Waals surface area contributed by atoms with Gasteiger partial charge in [-0.2, -0.15) is 13.7 Å². The van der Waals surface area contributed by atoms with Crippen LogP contribution < -0.4 is 4.72 Å². The zero-order valence-electron chi connectivity index (χ0n) is 16.9. The number of nitrogens with one attached hydrogen (secondary N) is 1. The highest BCUT2D eigenvalue weighted by Gasteiger charge is 2.27. The lowest BCUT2D eigenvalue weighted by Crippen LogP contribution is -2.18. The van der Waals surface area contributed by atoms with Gasteiger partial charge in [0, 0.05) is 28.9 Å². The van der Waals surface area contributed by atoms with Crippen molar-refractivity contribution >= 4 is 21.4 Å². The fraction of sp³-hybridized carbons (Fsp3) is 0. The Bertz CT molecular complexity index is 1470. The van der Waals surface area contributed by atoms with E-state index in [1.165, 1.54) is 24.3 Å². The summed E-state index contributed by atoms with van der Waals surface area (Å²) in [7, 11) is -4.33. The number of aromatic nitrogens is 2. The van der Waals surface area contributed by atoms with Crippen molar-refractivity contribution in [3.8, 4) is 28.5 Å². The van der Waals surface area contributed by atoms with Crippen molar-refractivity contribution in [1.82, 2.24) is 10.2 Å². The predicted molar refractivity (Wildman–Crippen MR) is 122 cm³/mol. The average molecular weight is 457 g/mol. The molecule has 0 fully saturated rings. The van der Waals surface area contributed by atoms with E-state index in [1.807, 2.05) is 12.1 Å². The summed E-state index contributed by atoms with van der Waals surface area (Å²) in [4.78, 5) is 10.2. The molecule has 1 aromatic heterocycles. The van der Waals surface area contributed by atoms with Crippen LogP contribution in [0.1, 0.15) is 5.56 Å². The van der Waals surface area contributed by atoms with Crippen molar-refractivity contribution in [2.24, 2.45) is 0 Å². The zero-order valence-corrected chi connectivity index (χ0v) is 17.7. The molecule has 0 atom stereocenters. The van der Waals surface area contributed by atoms with Gasteiger partial charge in [0.25, 0.3) is 15.7 Å². The first-order valence-corrected chi connectivity index (χ1v) is 11.1. The minimum Gasteiger partial charge on any atom is -0.278 e. The molecule has 10 heteroatoms. The van der Waals surface area contributed by atoms with Gasteiger partial charge in [0.2, 0.25) is 5.03 Å². The Hall–Kier alpha value is -4.62. The van der Waals surface area contributed by atoms with Crippen molar-refractivity contribution in [2.45, 2.75) is 5.03 Å². The van der Waals surface area contributed by atoms with Gasteiger partial charge in [-0.05, 0) is 17.7 Å². The largest absolute Gasteiger partial charge is 0.282 e. The lowest BCUT2D eigenvalue weighted by Gasteiger charge is -2.14. The second-order valence-corrected chi connectivity index (χ2v) is 8.45. The van der Waals surface area contributed by atoms with Crippen molar-refractivity contribution in [1.29, 1.82) is 5.26 Å². The normalized spacial score (nSPS) is 10.9. The summed E-state index contributed by atoms with van der Waals surface area (Å²) in [6, 6.07) is 24.7. The van der Waals surface area contributed by atoms with Gasteiger partial charge in [0.15, 0.2) is 0 Å². The summed E-state index contributed by atoms with van der Waals surface area (Å²) in [5.74, 6) is 0. The second-order valence-electron chi connectivity index (χ2n) is 6.86. The summed E-state index contributed by atoms with van der Waals surface area (Å²) in [5.41, 5.74) is 1.72. The standard InChI is InChI=1S/C23H15N5O4S/c24-15-20-21(16-7-3-1-4-8-16)22(17-9-5-2-6-10-17)25-26-23(20)33(31,32)27-18-11-13-19(14-12-18)28(29)30/h1-14,27H. The highest BCUT2D eigenvalue weighted by atomic mass is 32.2. The topological polar surface area (TPSA) is 139 Å². The number of nitro groups is 1. The van der Waals surface area contributed by atoms with Crippen LogP contribution in [0.4, 0.5) is 11.4 Å². The van der Waals surface area contributed by atoms with Gasteiger partial charge in [0.05, 0.1) is 4.92 Å². The quantitative estimate of drug-likeness (QED) is 0.334. The van der Waals surface area contributed by atoms with Crippen LogP contribution in [0.5, 0.6) is 0 Å². The van der Waals surface area contributed by atoms with Gasteiger partial charge in [-0.25, -0.2) is 0 Å². The number of hydrogen-bond acceptors (Lipinski definition) is 7. The Kier molecular flexibility index (Phi) is 5.80. The van der Waals surface area contributed by atoms with Crippen molar-refractivity contribution in [3.63, 3.8) is 0 Å². The SMILES string of the molecule is N#Cc1c(S(=O)(=O)Nc2ccc([N+](=O)[O-])cc2)nnc(-c2ccccc2)c1-c1ccccc1. The van der Waals surface area contributed by atoms with E-state index in [2.05, 4.69) is 14.9 Å². The van der Waals surface area contributed by atoms with Gasteiger partial charge in [-0.1, -0.05) is 60.7 Å². The summed E-state index contributed by atoms with van der Waals surface area (Å²) in [5, 5.41) is 28.3. The highest BCUT2D eigenvalue weighted by Crippen LogP contribution is 2.35. The summed E-state index contributed by atoms with van der Waals surface area (Å²) >= 11 is 0. The monoisotopic (exact) mass is 457 g/mol. The average Bonchev–Trinajstić information content (AvgIpc) is 2.84. The molecule has 9 nitrogen and oxygen atoms in total. The molecule has 4 rings (SSSR count). The van der Waals surface area contributed by atoms with E-state index in [1.54, 1.807) is 54.6 Å². The molecule has 1 heterocycles. The number of benzene rings is 3. The maximum absolute atomic E-state index is 13.1. The summed E-state index contributed by atoms with van der Waals surface area (Å²) in [6.45, 7) is 0. The first-order chi connectivity index (χ1) is 15.9. The van der Waals surface area contributed by atoms with Crippen LogP contribution in [0.25, 0.3) is 22.4 Å². The number of hydrogen-bond donors (Lipinski definition) is 1. The molecule has 0 saturated carbocycles. The number of nitriles is 1. The third-order valence-corrected chi connectivity index (χ3v) is 6.05. The maximum Gasteiger partial charge on any atom is 0.282 e. The van der Waals surface area contributed by atoms with Gasteiger partial charge in [-0.15, -0.1) is 10.2 Å². The number of non-ortho nitro benzene ring substituents is 1. The van der Waals surface area contributed by atoms with Crippen LogP contribution in [0.2, 0.25) is 0 Å². The number of sulfonamides is 1. The number of anilines is 1. The molecule has 0 bridgehead atoms. The Morgan fingerprint density at radius 1 is 0.848 bits per heavy atom. The smallest absolute Gasteiger partial charge is 0.278 e. The molecule has 0 amide bonds. The van der Waals surface area contributed by atoms with Gasteiger partial charge >= 0.3 is 0 Å². The molecule has 0 aliphatic carbocycles. The number of rotatable bonds is 6. The molecular formula is C23H15N5O4S. The molecule has 0 unspecified atom stereocenters. The molecule has 0 aliphatic rings. The van der Waals surface area contributed by atoms with E-state index in [4.69, 9.17) is 0 Å². The third-order valence-electron chi connectivity index (χ3n) is 4.75. The summed E-state index contributed by atoms with van der Waals surface area (Å²) < 4.78 is 28.6. The highest BCUT2D eigenvalue weighted by molar-refractivity contribution is 7.92. The molecule has 162 valence electrons. The van der Waals surface area contributed by atoms with Crippen molar-refractivity contribution in [3.05, 3.63) is 101 Å². The van der Waals surface area contributed by atoms with E-state index in [0.29, 0.717) is 22.4 Å². The molecule has 3 aromatic carbocycles. The zero-order chi connectivity index (χ0) is 23.4. The first-order valence-electron chi connectivity index (χ1n) is 9.59. The molecule has 1 N–H and O–H groups in total. The van der Waals surface area contributed by atoms with Crippen LogP contribution in [0.15, 0.2) is 90.0 Å². The maximum atomic E-state index is 13.1. The Labute approximate surface area is 189 Å². The van der Waals surface area contributed by atoms with E-state index in [-0.39, 0.29) is 16.9 Å².